The highest BCUT2D eigenvalue weighted by Gasteiger charge is 2.13. The van der Waals surface area contributed by atoms with Gasteiger partial charge in [-0.3, -0.25) is 0 Å². The molecule has 1 N–H and O–H groups in total. The third-order valence-corrected chi connectivity index (χ3v) is 4.00. The maximum absolute atomic E-state index is 5.35. The third kappa shape index (κ3) is 2.63. The van der Waals surface area contributed by atoms with E-state index in [1.165, 1.54) is 0 Å². The summed E-state index contributed by atoms with van der Waals surface area (Å²) in [6.07, 6.45) is 0. The van der Waals surface area contributed by atoms with Crippen molar-refractivity contribution in [1.82, 2.24) is 10.2 Å². The molecule has 0 amide bonds. The molecule has 3 rings (SSSR count). The van der Waals surface area contributed by atoms with Crippen LogP contribution >= 0.6 is 11.3 Å². The van der Waals surface area contributed by atoms with Crippen LogP contribution in [0, 0.1) is 0 Å². The van der Waals surface area contributed by atoms with Gasteiger partial charge < -0.3 is 14.8 Å². The Hall–Kier alpha value is -1.82. The normalized spacial score (nSPS) is 13.0. The number of aromatic nitrogens is 2. The first kappa shape index (κ1) is 12.2. The molecule has 1 aliphatic rings. The van der Waals surface area contributed by atoms with E-state index in [0.717, 1.165) is 27.2 Å². The van der Waals surface area contributed by atoms with Gasteiger partial charge in [-0.15, -0.1) is 10.2 Å². The predicted molar refractivity (Wildman–Crippen MR) is 73.9 cm³/mol. The molecule has 0 aliphatic carbocycles. The van der Waals surface area contributed by atoms with Crippen LogP contribution in [0.1, 0.15) is 30.3 Å². The number of hydrogen-bond donors (Lipinski definition) is 1. The first-order valence-corrected chi connectivity index (χ1v) is 7.00. The van der Waals surface area contributed by atoms with Crippen molar-refractivity contribution in [2.24, 2.45) is 0 Å². The van der Waals surface area contributed by atoms with E-state index in [-0.39, 0.29) is 0 Å². The number of anilines is 1. The monoisotopic (exact) mass is 277 g/mol. The van der Waals surface area contributed by atoms with Crippen LogP contribution in [-0.2, 0) is 6.54 Å². The van der Waals surface area contributed by atoms with Crippen molar-refractivity contribution in [3.8, 4) is 11.5 Å². The molecule has 0 saturated heterocycles. The minimum Gasteiger partial charge on any atom is -0.454 e. The SMILES string of the molecule is CC(C)c1nnc(NCc2ccc3c(c2)OCO3)s1. The van der Waals surface area contributed by atoms with Gasteiger partial charge >= 0.3 is 0 Å². The van der Waals surface area contributed by atoms with Crippen LogP contribution in [-0.4, -0.2) is 17.0 Å². The van der Waals surface area contributed by atoms with Crippen LogP contribution in [0.3, 0.4) is 0 Å². The van der Waals surface area contributed by atoms with Crippen molar-refractivity contribution in [3.05, 3.63) is 28.8 Å². The molecule has 0 atom stereocenters. The fourth-order valence-electron chi connectivity index (χ4n) is 1.77. The zero-order chi connectivity index (χ0) is 13.2. The second-order valence-electron chi connectivity index (χ2n) is 4.64. The van der Waals surface area contributed by atoms with Crippen molar-refractivity contribution in [2.75, 3.05) is 12.1 Å². The fourth-order valence-corrected chi connectivity index (χ4v) is 2.51. The summed E-state index contributed by atoms with van der Waals surface area (Å²) in [5.41, 5.74) is 1.13. The van der Waals surface area contributed by atoms with Gasteiger partial charge in [-0.2, -0.15) is 0 Å². The molecule has 2 aromatic rings. The van der Waals surface area contributed by atoms with Crippen LogP contribution in [0.25, 0.3) is 0 Å². The van der Waals surface area contributed by atoms with Gasteiger partial charge in [0.2, 0.25) is 11.9 Å². The number of nitrogens with zero attached hydrogens (tertiary/aromatic N) is 2. The summed E-state index contributed by atoms with van der Waals surface area (Å²) < 4.78 is 10.6. The summed E-state index contributed by atoms with van der Waals surface area (Å²) in [6, 6.07) is 5.93. The quantitative estimate of drug-likeness (QED) is 0.931. The maximum Gasteiger partial charge on any atom is 0.231 e. The van der Waals surface area contributed by atoms with Gasteiger partial charge in [-0.1, -0.05) is 31.3 Å². The molecule has 0 saturated carbocycles. The van der Waals surface area contributed by atoms with Crippen LogP contribution in [0.4, 0.5) is 5.13 Å². The van der Waals surface area contributed by atoms with Crippen molar-refractivity contribution in [3.63, 3.8) is 0 Å². The minimum absolute atomic E-state index is 0.306. The Balaban J connectivity index is 1.65. The van der Waals surface area contributed by atoms with E-state index in [0.29, 0.717) is 19.3 Å². The molecule has 0 unspecified atom stereocenters. The molecule has 6 heteroatoms. The lowest BCUT2D eigenvalue weighted by atomic mass is 10.2. The third-order valence-electron chi connectivity index (χ3n) is 2.82. The van der Waals surface area contributed by atoms with Gasteiger partial charge in [0.1, 0.15) is 5.01 Å². The number of benzene rings is 1. The van der Waals surface area contributed by atoms with Crippen molar-refractivity contribution in [1.29, 1.82) is 0 Å². The molecule has 2 heterocycles. The first-order chi connectivity index (χ1) is 9.22. The van der Waals surface area contributed by atoms with E-state index >= 15 is 0 Å². The summed E-state index contributed by atoms with van der Waals surface area (Å²) in [5, 5.41) is 13.4. The Bertz CT molecular complexity index is 583. The van der Waals surface area contributed by atoms with Gasteiger partial charge in [0.15, 0.2) is 11.5 Å². The van der Waals surface area contributed by atoms with E-state index < -0.39 is 0 Å². The highest BCUT2D eigenvalue weighted by Crippen LogP contribution is 2.32. The van der Waals surface area contributed by atoms with Gasteiger partial charge in [0.05, 0.1) is 0 Å². The minimum atomic E-state index is 0.306. The Morgan fingerprint density at radius 2 is 2.11 bits per heavy atom. The average molecular weight is 277 g/mol. The number of nitrogens with one attached hydrogen (secondary N) is 1. The lowest BCUT2D eigenvalue weighted by Gasteiger charge is -2.03. The number of rotatable bonds is 4. The highest BCUT2D eigenvalue weighted by molar-refractivity contribution is 7.15. The average Bonchev–Trinajstić information content (AvgIpc) is 3.04. The van der Waals surface area contributed by atoms with Crippen LogP contribution in [0.5, 0.6) is 11.5 Å². The Morgan fingerprint density at radius 1 is 1.26 bits per heavy atom. The van der Waals surface area contributed by atoms with E-state index in [9.17, 15) is 0 Å². The molecule has 100 valence electrons. The smallest absolute Gasteiger partial charge is 0.231 e. The number of fused-ring (bicyclic) bond motifs is 1. The lowest BCUT2D eigenvalue weighted by molar-refractivity contribution is 0.174. The molecule has 0 spiro atoms. The Kier molecular flexibility index (Phi) is 3.25. The van der Waals surface area contributed by atoms with Gasteiger partial charge in [0, 0.05) is 12.5 Å². The molecule has 1 aromatic carbocycles. The van der Waals surface area contributed by atoms with Crippen LogP contribution in [0.15, 0.2) is 18.2 Å². The second kappa shape index (κ2) is 5.05. The molecule has 0 fully saturated rings. The molecular weight excluding hydrogens is 262 g/mol. The lowest BCUT2D eigenvalue weighted by Crippen LogP contribution is -1.98. The Labute approximate surface area is 115 Å². The molecule has 1 aliphatic heterocycles. The Morgan fingerprint density at radius 3 is 2.89 bits per heavy atom. The van der Waals surface area contributed by atoms with E-state index in [4.69, 9.17) is 9.47 Å². The summed E-state index contributed by atoms with van der Waals surface area (Å²) in [6.45, 7) is 5.23. The van der Waals surface area contributed by atoms with Crippen LogP contribution in [0.2, 0.25) is 0 Å². The van der Waals surface area contributed by atoms with E-state index in [1.54, 1.807) is 11.3 Å². The molecule has 19 heavy (non-hydrogen) atoms. The topological polar surface area (TPSA) is 56.3 Å². The zero-order valence-corrected chi connectivity index (χ0v) is 11.7. The largest absolute Gasteiger partial charge is 0.454 e. The predicted octanol–water partition coefficient (Wildman–Crippen LogP) is 3.00. The molecule has 5 nitrogen and oxygen atoms in total. The standard InChI is InChI=1S/C13H15N3O2S/c1-8(2)12-15-16-13(19-12)14-6-9-3-4-10-11(5-9)18-7-17-10/h3-5,8H,6-7H2,1-2H3,(H,14,16). The van der Waals surface area contributed by atoms with Gasteiger partial charge in [0.25, 0.3) is 0 Å². The van der Waals surface area contributed by atoms with E-state index in [2.05, 4.69) is 29.4 Å². The zero-order valence-electron chi connectivity index (χ0n) is 10.8. The number of ether oxygens (including phenoxy) is 2. The molecule has 1 aromatic heterocycles. The highest BCUT2D eigenvalue weighted by atomic mass is 32.1. The fraction of sp³-hybridized carbons (Fsp3) is 0.385. The van der Waals surface area contributed by atoms with Crippen molar-refractivity contribution in [2.45, 2.75) is 26.3 Å². The van der Waals surface area contributed by atoms with Gasteiger partial charge in [-0.05, 0) is 17.7 Å². The summed E-state index contributed by atoms with van der Waals surface area (Å²) in [7, 11) is 0. The van der Waals surface area contributed by atoms with E-state index in [1.807, 2.05) is 18.2 Å². The molecule has 0 bridgehead atoms. The molecule has 0 radical (unpaired) electrons. The molecular formula is C13H15N3O2S. The number of hydrogen-bond acceptors (Lipinski definition) is 6. The van der Waals surface area contributed by atoms with Crippen molar-refractivity contribution >= 4 is 16.5 Å². The first-order valence-electron chi connectivity index (χ1n) is 6.18. The maximum atomic E-state index is 5.35. The van der Waals surface area contributed by atoms with Crippen LogP contribution < -0.4 is 14.8 Å². The summed E-state index contributed by atoms with van der Waals surface area (Å²) in [4.78, 5) is 0. The summed E-state index contributed by atoms with van der Waals surface area (Å²) in [5.74, 6) is 2.03. The second-order valence-corrected chi connectivity index (χ2v) is 5.65. The van der Waals surface area contributed by atoms with Gasteiger partial charge in [-0.25, -0.2) is 0 Å². The van der Waals surface area contributed by atoms with Crippen molar-refractivity contribution < 1.29 is 9.47 Å². The summed E-state index contributed by atoms with van der Waals surface area (Å²) >= 11 is 1.60.